The molecule has 0 radical (unpaired) electrons. The van der Waals surface area contributed by atoms with Gasteiger partial charge in [0, 0.05) is 12.6 Å². The fraction of sp³-hybridized carbons (Fsp3) is 0.538. The molecule has 3 heteroatoms. The molecular weight excluding hydrogens is 203 g/mol. The molecule has 16 heavy (non-hydrogen) atoms. The van der Waals surface area contributed by atoms with Gasteiger partial charge in [-0.2, -0.15) is 0 Å². The molecular formula is C13H19FN2. The molecule has 0 saturated carbocycles. The zero-order chi connectivity index (χ0) is 11.5. The number of likely N-dealkylation sites (tertiary alicyclic amines) is 1. The Kier molecular flexibility index (Phi) is 3.56. The van der Waals surface area contributed by atoms with Gasteiger partial charge in [-0.1, -0.05) is 24.3 Å². The molecule has 2 N–H and O–H groups in total. The first-order chi connectivity index (χ1) is 7.74. The smallest absolute Gasteiger partial charge is 0.115 e. The SMILES string of the molecule is CN1CC(CN)CC1c1ccc(CF)cc1. The minimum atomic E-state index is -0.383. The summed E-state index contributed by atoms with van der Waals surface area (Å²) in [5.41, 5.74) is 7.73. The van der Waals surface area contributed by atoms with Gasteiger partial charge in [0.2, 0.25) is 0 Å². The second-order valence-corrected chi connectivity index (χ2v) is 4.67. The predicted octanol–water partition coefficient (Wildman–Crippen LogP) is 2.11. The van der Waals surface area contributed by atoms with Crippen molar-refractivity contribution >= 4 is 0 Å². The topological polar surface area (TPSA) is 29.3 Å². The number of nitrogens with zero attached hydrogens (tertiary/aromatic N) is 1. The van der Waals surface area contributed by atoms with Crippen molar-refractivity contribution in [1.82, 2.24) is 4.90 Å². The second kappa shape index (κ2) is 4.93. The average Bonchev–Trinajstić information content (AvgIpc) is 2.71. The summed E-state index contributed by atoms with van der Waals surface area (Å²) in [7, 11) is 2.13. The molecule has 0 spiro atoms. The fourth-order valence-electron chi connectivity index (χ4n) is 2.49. The molecule has 1 aliphatic rings. The van der Waals surface area contributed by atoms with Crippen LogP contribution in [0.4, 0.5) is 4.39 Å². The standard InChI is InChI=1S/C13H19FN2/c1-16-9-11(8-15)6-13(16)12-4-2-10(7-14)3-5-12/h2-5,11,13H,6-9,15H2,1H3. The molecule has 0 bridgehead atoms. The lowest BCUT2D eigenvalue weighted by Crippen LogP contribution is -2.20. The van der Waals surface area contributed by atoms with Crippen molar-refractivity contribution in [2.75, 3.05) is 20.1 Å². The lowest BCUT2D eigenvalue weighted by atomic mass is 9.99. The van der Waals surface area contributed by atoms with Gasteiger partial charge in [-0.15, -0.1) is 0 Å². The summed E-state index contributed by atoms with van der Waals surface area (Å²) in [6.45, 7) is 1.43. The van der Waals surface area contributed by atoms with E-state index in [0.717, 1.165) is 25.1 Å². The molecule has 0 aliphatic carbocycles. The van der Waals surface area contributed by atoms with Crippen molar-refractivity contribution in [2.45, 2.75) is 19.1 Å². The maximum absolute atomic E-state index is 12.4. The third kappa shape index (κ3) is 2.25. The van der Waals surface area contributed by atoms with Gasteiger partial charge in [0.25, 0.3) is 0 Å². The maximum Gasteiger partial charge on any atom is 0.115 e. The second-order valence-electron chi connectivity index (χ2n) is 4.67. The first-order valence-corrected chi connectivity index (χ1v) is 5.79. The van der Waals surface area contributed by atoms with Gasteiger partial charge >= 0.3 is 0 Å². The minimum absolute atomic E-state index is 0.383. The molecule has 1 fully saturated rings. The summed E-state index contributed by atoms with van der Waals surface area (Å²) in [4.78, 5) is 2.34. The fourth-order valence-corrected chi connectivity index (χ4v) is 2.49. The number of benzene rings is 1. The molecule has 1 aromatic rings. The van der Waals surface area contributed by atoms with Crippen molar-refractivity contribution in [3.05, 3.63) is 35.4 Å². The van der Waals surface area contributed by atoms with E-state index >= 15 is 0 Å². The summed E-state index contributed by atoms with van der Waals surface area (Å²) >= 11 is 0. The highest BCUT2D eigenvalue weighted by molar-refractivity contribution is 5.25. The number of halogens is 1. The number of hydrogen-bond acceptors (Lipinski definition) is 2. The molecule has 1 saturated heterocycles. The van der Waals surface area contributed by atoms with Gasteiger partial charge in [-0.3, -0.25) is 4.90 Å². The van der Waals surface area contributed by atoms with E-state index in [1.165, 1.54) is 5.56 Å². The van der Waals surface area contributed by atoms with Crippen LogP contribution in [0.1, 0.15) is 23.6 Å². The summed E-state index contributed by atoms with van der Waals surface area (Å²) < 4.78 is 12.4. The summed E-state index contributed by atoms with van der Waals surface area (Å²) in [5.74, 6) is 0.593. The Morgan fingerprint density at radius 2 is 2.06 bits per heavy atom. The van der Waals surface area contributed by atoms with Crippen molar-refractivity contribution in [3.8, 4) is 0 Å². The monoisotopic (exact) mass is 222 g/mol. The van der Waals surface area contributed by atoms with Gasteiger partial charge in [0.05, 0.1) is 0 Å². The first-order valence-electron chi connectivity index (χ1n) is 5.79. The molecule has 2 unspecified atom stereocenters. The van der Waals surface area contributed by atoms with Crippen LogP contribution >= 0.6 is 0 Å². The van der Waals surface area contributed by atoms with Crippen molar-refractivity contribution in [3.63, 3.8) is 0 Å². The molecule has 0 amide bonds. The van der Waals surface area contributed by atoms with Crippen LogP contribution in [-0.4, -0.2) is 25.0 Å². The van der Waals surface area contributed by atoms with Crippen molar-refractivity contribution in [1.29, 1.82) is 0 Å². The minimum Gasteiger partial charge on any atom is -0.330 e. The largest absolute Gasteiger partial charge is 0.330 e. The molecule has 2 rings (SSSR count). The van der Waals surface area contributed by atoms with Crippen LogP contribution in [0.2, 0.25) is 0 Å². The molecule has 2 atom stereocenters. The quantitative estimate of drug-likeness (QED) is 0.848. The lowest BCUT2D eigenvalue weighted by molar-refractivity contribution is 0.313. The predicted molar refractivity (Wildman–Crippen MR) is 63.8 cm³/mol. The van der Waals surface area contributed by atoms with Crippen LogP contribution in [0.15, 0.2) is 24.3 Å². The van der Waals surface area contributed by atoms with Crippen LogP contribution in [0.25, 0.3) is 0 Å². The number of alkyl halides is 1. The van der Waals surface area contributed by atoms with E-state index < -0.39 is 0 Å². The molecule has 0 aromatic heterocycles. The Bertz CT molecular complexity index is 336. The first kappa shape index (κ1) is 11.6. The Hall–Kier alpha value is -0.930. The van der Waals surface area contributed by atoms with Gasteiger partial charge < -0.3 is 5.73 Å². The zero-order valence-corrected chi connectivity index (χ0v) is 9.70. The van der Waals surface area contributed by atoms with E-state index in [1.807, 2.05) is 24.3 Å². The normalized spacial score (nSPS) is 26.2. The van der Waals surface area contributed by atoms with Crippen molar-refractivity contribution < 1.29 is 4.39 Å². The Labute approximate surface area is 96.2 Å². The van der Waals surface area contributed by atoms with E-state index in [2.05, 4.69) is 11.9 Å². The van der Waals surface area contributed by atoms with E-state index in [-0.39, 0.29) is 6.67 Å². The summed E-state index contributed by atoms with van der Waals surface area (Å²) in [6, 6.07) is 8.27. The van der Waals surface area contributed by atoms with Crippen LogP contribution in [0.5, 0.6) is 0 Å². The van der Waals surface area contributed by atoms with Gasteiger partial charge in [0.1, 0.15) is 6.67 Å². The van der Waals surface area contributed by atoms with Crippen LogP contribution in [0.3, 0.4) is 0 Å². The van der Waals surface area contributed by atoms with Crippen LogP contribution in [-0.2, 0) is 6.67 Å². The molecule has 2 nitrogen and oxygen atoms in total. The average molecular weight is 222 g/mol. The van der Waals surface area contributed by atoms with Crippen LogP contribution in [0, 0.1) is 5.92 Å². The highest BCUT2D eigenvalue weighted by atomic mass is 19.1. The van der Waals surface area contributed by atoms with E-state index in [0.29, 0.717) is 12.0 Å². The third-order valence-corrected chi connectivity index (χ3v) is 3.49. The van der Waals surface area contributed by atoms with E-state index in [4.69, 9.17) is 5.73 Å². The number of rotatable bonds is 3. The molecule has 1 heterocycles. The molecule has 1 aliphatic heterocycles. The van der Waals surface area contributed by atoms with Gasteiger partial charge in [-0.25, -0.2) is 4.39 Å². The summed E-state index contributed by atoms with van der Waals surface area (Å²) in [5, 5.41) is 0. The Morgan fingerprint density at radius 1 is 1.38 bits per heavy atom. The number of hydrogen-bond donors (Lipinski definition) is 1. The number of nitrogens with two attached hydrogens (primary N) is 1. The van der Waals surface area contributed by atoms with Gasteiger partial charge in [-0.05, 0) is 37.1 Å². The third-order valence-electron chi connectivity index (χ3n) is 3.49. The zero-order valence-electron chi connectivity index (χ0n) is 9.70. The molecule has 88 valence electrons. The lowest BCUT2D eigenvalue weighted by Gasteiger charge is -2.19. The highest BCUT2D eigenvalue weighted by Gasteiger charge is 2.29. The highest BCUT2D eigenvalue weighted by Crippen LogP contribution is 2.33. The Morgan fingerprint density at radius 3 is 2.56 bits per heavy atom. The Balaban J connectivity index is 2.11. The maximum atomic E-state index is 12.4. The van der Waals surface area contributed by atoms with Crippen LogP contribution < -0.4 is 5.73 Å². The van der Waals surface area contributed by atoms with Gasteiger partial charge in [0.15, 0.2) is 0 Å². The summed E-state index contributed by atoms with van der Waals surface area (Å²) in [6.07, 6.45) is 1.11. The van der Waals surface area contributed by atoms with Crippen molar-refractivity contribution in [2.24, 2.45) is 11.7 Å². The van der Waals surface area contributed by atoms with E-state index in [1.54, 1.807) is 0 Å². The van der Waals surface area contributed by atoms with E-state index in [9.17, 15) is 4.39 Å². The molecule has 1 aromatic carbocycles.